The molecule has 0 aromatic heterocycles. The molecule has 0 aliphatic heterocycles. The van der Waals surface area contributed by atoms with Gasteiger partial charge in [-0.3, -0.25) is 0 Å². The second kappa shape index (κ2) is 4.56. The molecule has 0 bridgehead atoms. The number of rotatable bonds is 3. The van der Waals surface area contributed by atoms with Crippen molar-refractivity contribution in [3.8, 4) is 11.5 Å². The Bertz CT molecular complexity index is 322. The third-order valence-corrected chi connectivity index (χ3v) is 1.98. The number of hydrogen-bond acceptors (Lipinski definition) is 3. The van der Waals surface area contributed by atoms with Gasteiger partial charge in [-0.25, -0.2) is 0 Å². The van der Waals surface area contributed by atoms with Crippen molar-refractivity contribution >= 4 is 0 Å². The largest absolute Gasteiger partial charge is 0.507 e. The van der Waals surface area contributed by atoms with E-state index in [1.165, 1.54) is 12.1 Å². The van der Waals surface area contributed by atoms with Gasteiger partial charge in [-0.1, -0.05) is 6.07 Å². The van der Waals surface area contributed by atoms with Gasteiger partial charge in [0.1, 0.15) is 18.1 Å². The molecule has 2 N–H and O–H groups in total. The highest BCUT2D eigenvalue weighted by Crippen LogP contribution is 2.27. The summed E-state index contributed by atoms with van der Waals surface area (Å²) in [4.78, 5) is 0. The van der Waals surface area contributed by atoms with Crippen LogP contribution in [0.4, 0.5) is 0 Å². The maximum Gasteiger partial charge on any atom is 0.125 e. The molecule has 3 nitrogen and oxygen atoms in total. The fraction of sp³-hybridized carbons (Fsp3) is 0.273. The number of hydrogen-bond donors (Lipinski definition) is 2. The SMILES string of the molecule is C/C=C(\C)OCc1c(O)cccc1O. The van der Waals surface area contributed by atoms with Crippen LogP contribution in [0.1, 0.15) is 19.4 Å². The number of phenols is 2. The van der Waals surface area contributed by atoms with Crippen molar-refractivity contribution in [2.45, 2.75) is 20.5 Å². The van der Waals surface area contributed by atoms with E-state index < -0.39 is 0 Å². The second-order valence-electron chi connectivity index (χ2n) is 2.96. The van der Waals surface area contributed by atoms with Crippen LogP contribution in [0.3, 0.4) is 0 Å². The molecule has 0 heterocycles. The quantitative estimate of drug-likeness (QED) is 0.727. The normalized spacial score (nSPS) is 11.4. The Kier molecular flexibility index (Phi) is 3.40. The first-order chi connectivity index (χ1) is 6.65. The lowest BCUT2D eigenvalue weighted by molar-refractivity contribution is 0.194. The molecule has 0 aliphatic rings. The molecule has 0 unspecified atom stereocenters. The Morgan fingerprint density at radius 2 is 1.93 bits per heavy atom. The van der Waals surface area contributed by atoms with Crippen LogP contribution in [-0.4, -0.2) is 10.2 Å². The average molecular weight is 194 g/mol. The van der Waals surface area contributed by atoms with E-state index in [1.54, 1.807) is 6.07 Å². The zero-order chi connectivity index (χ0) is 10.6. The van der Waals surface area contributed by atoms with Crippen molar-refractivity contribution in [3.63, 3.8) is 0 Å². The molecule has 0 atom stereocenters. The van der Waals surface area contributed by atoms with Crippen molar-refractivity contribution in [1.29, 1.82) is 0 Å². The number of benzene rings is 1. The smallest absolute Gasteiger partial charge is 0.125 e. The Morgan fingerprint density at radius 1 is 1.36 bits per heavy atom. The molecule has 0 aliphatic carbocycles. The maximum absolute atomic E-state index is 9.42. The molecule has 76 valence electrons. The van der Waals surface area contributed by atoms with Crippen LogP contribution in [0, 0.1) is 0 Å². The highest BCUT2D eigenvalue weighted by molar-refractivity contribution is 5.42. The lowest BCUT2D eigenvalue weighted by atomic mass is 10.2. The summed E-state index contributed by atoms with van der Waals surface area (Å²) < 4.78 is 5.28. The van der Waals surface area contributed by atoms with Gasteiger partial charge in [0.25, 0.3) is 0 Å². The number of ether oxygens (including phenoxy) is 1. The Hall–Kier alpha value is -1.64. The fourth-order valence-electron chi connectivity index (χ4n) is 0.980. The highest BCUT2D eigenvalue weighted by atomic mass is 16.5. The van der Waals surface area contributed by atoms with Crippen LogP contribution in [0.15, 0.2) is 30.0 Å². The molecule has 14 heavy (non-hydrogen) atoms. The van der Waals surface area contributed by atoms with Crippen LogP contribution >= 0.6 is 0 Å². The Labute approximate surface area is 83.3 Å². The molecule has 0 saturated carbocycles. The van der Waals surface area contributed by atoms with Gasteiger partial charge in [0.15, 0.2) is 0 Å². The lowest BCUT2D eigenvalue weighted by Gasteiger charge is -2.09. The summed E-state index contributed by atoms with van der Waals surface area (Å²) in [6.45, 7) is 3.85. The van der Waals surface area contributed by atoms with Gasteiger partial charge in [0.2, 0.25) is 0 Å². The first-order valence-electron chi connectivity index (χ1n) is 4.40. The highest BCUT2D eigenvalue weighted by Gasteiger charge is 2.06. The van der Waals surface area contributed by atoms with Crippen LogP contribution in [-0.2, 0) is 11.3 Å². The van der Waals surface area contributed by atoms with Gasteiger partial charge in [-0.2, -0.15) is 0 Å². The van der Waals surface area contributed by atoms with E-state index in [4.69, 9.17) is 4.74 Å². The molecule has 3 heteroatoms. The molecule has 0 radical (unpaired) electrons. The number of allylic oxidation sites excluding steroid dienone is 2. The molecular formula is C11H14O3. The van der Waals surface area contributed by atoms with E-state index in [9.17, 15) is 10.2 Å². The average Bonchev–Trinajstić information content (AvgIpc) is 2.16. The minimum Gasteiger partial charge on any atom is -0.507 e. The zero-order valence-electron chi connectivity index (χ0n) is 8.32. The maximum atomic E-state index is 9.42. The topological polar surface area (TPSA) is 49.7 Å². The summed E-state index contributed by atoms with van der Waals surface area (Å²) in [5, 5.41) is 18.8. The van der Waals surface area contributed by atoms with Crippen LogP contribution in [0.5, 0.6) is 11.5 Å². The first-order valence-corrected chi connectivity index (χ1v) is 4.40. The van der Waals surface area contributed by atoms with Crippen LogP contribution in [0.25, 0.3) is 0 Å². The van der Waals surface area contributed by atoms with E-state index in [0.29, 0.717) is 5.56 Å². The van der Waals surface area contributed by atoms with Crippen molar-refractivity contribution in [2.75, 3.05) is 0 Å². The number of aromatic hydroxyl groups is 2. The predicted octanol–water partition coefficient (Wildman–Crippen LogP) is 2.54. The zero-order valence-corrected chi connectivity index (χ0v) is 8.32. The van der Waals surface area contributed by atoms with Gasteiger partial charge in [-0.15, -0.1) is 0 Å². The minimum absolute atomic E-state index is 0.0499. The van der Waals surface area contributed by atoms with Gasteiger partial charge < -0.3 is 14.9 Å². The Balaban J connectivity index is 2.76. The molecule has 0 spiro atoms. The van der Waals surface area contributed by atoms with E-state index in [1.807, 2.05) is 19.9 Å². The number of phenolic OH excluding ortho intramolecular Hbond substituents is 2. The summed E-state index contributed by atoms with van der Waals surface area (Å²) in [5.41, 5.74) is 0.411. The van der Waals surface area contributed by atoms with Crippen molar-refractivity contribution in [1.82, 2.24) is 0 Å². The van der Waals surface area contributed by atoms with Gasteiger partial charge in [0, 0.05) is 0 Å². The molecule has 0 amide bonds. The van der Waals surface area contributed by atoms with E-state index in [-0.39, 0.29) is 18.1 Å². The van der Waals surface area contributed by atoms with Crippen LogP contribution < -0.4 is 0 Å². The summed E-state index contributed by atoms with van der Waals surface area (Å²) >= 11 is 0. The monoisotopic (exact) mass is 194 g/mol. The van der Waals surface area contributed by atoms with Crippen molar-refractivity contribution in [3.05, 3.63) is 35.6 Å². The molecule has 1 rings (SSSR count). The summed E-state index contributed by atoms with van der Waals surface area (Å²) in [5.74, 6) is 0.857. The summed E-state index contributed by atoms with van der Waals surface area (Å²) in [6, 6.07) is 4.61. The Morgan fingerprint density at radius 3 is 2.43 bits per heavy atom. The molecule has 1 aromatic carbocycles. The third kappa shape index (κ3) is 2.42. The fourth-order valence-corrected chi connectivity index (χ4v) is 0.980. The first kappa shape index (κ1) is 10.4. The van der Waals surface area contributed by atoms with Crippen molar-refractivity contribution < 1.29 is 14.9 Å². The molecular weight excluding hydrogens is 180 g/mol. The lowest BCUT2D eigenvalue weighted by Crippen LogP contribution is -1.91. The van der Waals surface area contributed by atoms with E-state index in [0.717, 1.165) is 5.76 Å². The molecule has 0 fully saturated rings. The van der Waals surface area contributed by atoms with Gasteiger partial charge in [-0.05, 0) is 32.1 Å². The molecule has 0 saturated heterocycles. The predicted molar refractivity (Wildman–Crippen MR) is 54.0 cm³/mol. The standard InChI is InChI=1S/C11H14O3/c1-3-8(2)14-7-9-10(12)5-4-6-11(9)13/h3-6,12-13H,7H2,1-2H3/b8-3+. The van der Waals surface area contributed by atoms with E-state index in [2.05, 4.69) is 0 Å². The van der Waals surface area contributed by atoms with Crippen LogP contribution in [0.2, 0.25) is 0 Å². The van der Waals surface area contributed by atoms with Gasteiger partial charge in [0.05, 0.1) is 11.3 Å². The summed E-state index contributed by atoms with van der Waals surface area (Å²) in [6.07, 6.45) is 1.82. The third-order valence-electron chi connectivity index (χ3n) is 1.98. The summed E-state index contributed by atoms with van der Waals surface area (Å²) in [7, 11) is 0. The second-order valence-corrected chi connectivity index (χ2v) is 2.96. The van der Waals surface area contributed by atoms with Gasteiger partial charge >= 0.3 is 0 Å². The minimum atomic E-state index is 0.0499. The van der Waals surface area contributed by atoms with Crippen molar-refractivity contribution in [2.24, 2.45) is 0 Å². The molecule has 1 aromatic rings. The van der Waals surface area contributed by atoms with E-state index >= 15 is 0 Å².